The van der Waals surface area contributed by atoms with Gasteiger partial charge in [-0.25, -0.2) is 5.06 Å². The molecule has 4 nitrogen and oxygen atoms in total. The molecule has 0 fully saturated rings. The highest BCUT2D eigenvalue weighted by atomic mass is 16.5. The van der Waals surface area contributed by atoms with Gasteiger partial charge in [-0.05, 0) is 6.08 Å². The molecule has 0 bridgehead atoms. The number of nitrogens with zero attached hydrogens (tertiary/aromatic N) is 1. The maximum atomic E-state index is 10.8. The number of hydrogen-bond acceptors (Lipinski definition) is 3. The second-order valence-corrected chi connectivity index (χ2v) is 1.94. The monoisotopic (exact) mass is 140 g/mol. The predicted octanol–water partition coefficient (Wildman–Crippen LogP) is -0.383. The van der Waals surface area contributed by atoms with Gasteiger partial charge in [-0.2, -0.15) is 0 Å². The average molecular weight is 140 g/mol. The molecule has 0 aliphatic carbocycles. The SMILES string of the molecule is NC1=CC=CCN(O)C1=O. The van der Waals surface area contributed by atoms with Crippen molar-refractivity contribution in [2.75, 3.05) is 6.54 Å². The number of allylic oxidation sites excluding steroid dienone is 2. The van der Waals surface area contributed by atoms with Crippen LogP contribution in [0.15, 0.2) is 23.9 Å². The Morgan fingerprint density at radius 3 is 3.10 bits per heavy atom. The molecule has 54 valence electrons. The minimum Gasteiger partial charge on any atom is -0.394 e. The van der Waals surface area contributed by atoms with E-state index < -0.39 is 5.91 Å². The van der Waals surface area contributed by atoms with Gasteiger partial charge in [0.25, 0.3) is 5.91 Å². The van der Waals surface area contributed by atoms with Crippen LogP contribution in [0.2, 0.25) is 0 Å². The predicted molar refractivity (Wildman–Crippen MR) is 34.9 cm³/mol. The molecule has 1 heterocycles. The van der Waals surface area contributed by atoms with Crippen LogP contribution in [0.5, 0.6) is 0 Å². The summed E-state index contributed by atoms with van der Waals surface area (Å²) in [4.78, 5) is 10.8. The van der Waals surface area contributed by atoms with Gasteiger partial charge in [-0.15, -0.1) is 0 Å². The lowest BCUT2D eigenvalue weighted by molar-refractivity contribution is -0.157. The van der Waals surface area contributed by atoms with Crippen molar-refractivity contribution in [2.45, 2.75) is 0 Å². The molecule has 10 heavy (non-hydrogen) atoms. The van der Waals surface area contributed by atoms with Crippen LogP contribution in [0.1, 0.15) is 0 Å². The van der Waals surface area contributed by atoms with Gasteiger partial charge in [-0.1, -0.05) is 12.2 Å². The van der Waals surface area contributed by atoms with E-state index in [9.17, 15) is 4.79 Å². The fraction of sp³-hybridized carbons (Fsp3) is 0.167. The van der Waals surface area contributed by atoms with Gasteiger partial charge >= 0.3 is 0 Å². The quantitative estimate of drug-likeness (QED) is 0.450. The molecule has 1 aliphatic rings. The molecular formula is C6H8N2O2. The molecule has 0 spiro atoms. The maximum absolute atomic E-state index is 10.8. The summed E-state index contributed by atoms with van der Waals surface area (Å²) in [7, 11) is 0. The van der Waals surface area contributed by atoms with Crippen molar-refractivity contribution in [2.24, 2.45) is 5.73 Å². The molecule has 3 N–H and O–H groups in total. The first kappa shape index (κ1) is 6.82. The third kappa shape index (κ3) is 1.16. The Balaban J connectivity index is 2.83. The van der Waals surface area contributed by atoms with E-state index >= 15 is 0 Å². The largest absolute Gasteiger partial charge is 0.394 e. The first-order valence-electron chi connectivity index (χ1n) is 2.85. The first-order chi connectivity index (χ1) is 4.72. The van der Waals surface area contributed by atoms with Crippen molar-refractivity contribution in [3.63, 3.8) is 0 Å². The number of hydroxylamine groups is 2. The summed E-state index contributed by atoms with van der Waals surface area (Å²) in [6.07, 6.45) is 4.72. The Bertz CT molecular complexity index is 208. The van der Waals surface area contributed by atoms with Gasteiger partial charge in [0.2, 0.25) is 0 Å². The summed E-state index contributed by atoms with van der Waals surface area (Å²) in [5.74, 6) is -0.551. The molecule has 0 radical (unpaired) electrons. The van der Waals surface area contributed by atoms with Crippen LogP contribution in [-0.4, -0.2) is 22.7 Å². The van der Waals surface area contributed by atoms with E-state index in [4.69, 9.17) is 10.9 Å². The summed E-state index contributed by atoms with van der Waals surface area (Å²) >= 11 is 0. The Hall–Kier alpha value is -1.29. The number of carbonyl (C=O) groups excluding carboxylic acids is 1. The Morgan fingerprint density at radius 2 is 2.40 bits per heavy atom. The number of carbonyl (C=O) groups is 1. The molecule has 0 aromatic carbocycles. The van der Waals surface area contributed by atoms with Crippen LogP contribution in [0, 0.1) is 0 Å². The smallest absolute Gasteiger partial charge is 0.293 e. The number of rotatable bonds is 0. The zero-order valence-electron chi connectivity index (χ0n) is 5.32. The molecule has 0 atom stereocenters. The van der Waals surface area contributed by atoms with E-state index in [0.29, 0.717) is 5.06 Å². The summed E-state index contributed by atoms with van der Waals surface area (Å²) in [5.41, 5.74) is 5.28. The maximum Gasteiger partial charge on any atom is 0.293 e. The molecule has 0 aromatic rings. The first-order valence-corrected chi connectivity index (χ1v) is 2.85. The Morgan fingerprint density at radius 1 is 1.70 bits per heavy atom. The third-order valence-corrected chi connectivity index (χ3v) is 1.17. The topological polar surface area (TPSA) is 66.6 Å². The highest BCUT2D eigenvalue weighted by Crippen LogP contribution is 1.98. The molecule has 0 unspecified atom stereocenters. The second kappa shape index (κ2) is 2.53. The lowest BCUT2D eigenvalue weighted by atomic mass is 10.4. The molecule has 1 aliphatic heterocycles. The third-order valence-electron chi connectivity index (χ3n) is 1.17. The minimum atomic E-state index is -0.551. The van der Waals surface area contributed by atoms with Gasteiger partial charge in [0.15, 0.2) is 0 Å². The lowest BCUT2D eigenvalue weighted by Crippen LogP contribution is -2.30. The standard InChI is InChI=1S/C6H8N2O2/c7-5-3-1-2-4-8(10)6(5)9/h1-3,10H,4,7H2. The molecular weight excluding hydrogens is 132 g/mol. The van der Waals surface area contributed by atoms with E-state index in [0.717, 1.165) is 0 Å². The van der Waals surface area contributed by atoms with E-state index in [1.165, 1.54) is 6.08 Å². The fourth-order valence-corrected chi connectivity index (χ4v) is 0.636. The van der Waals surface area contributed by atoms with E-state index in [1.54, 1.807) is 12.2 Å². The van der Waals surface area contributed by atoms with Crippen molar-refractivity contribution in [1.29, 1.82) is 0 Å². The van der Waals surface area contributed by atoms with E-state index in [2.05, 4.69) is 0 Å². The Labute approximate surface area is 58.2 Å². The van der Waals surface area contributed by atoms with Crippen molar-refractivity contribution in [3.05, 3.63) is 23.9 Å². The van der Waals surface area contributed by atoms with Crippen molar-refractivity contribution in [3.8, 4) is 0 Å². The van der Waals surface area contributed by atoms with Crippen LogP contribution in [0.3, 0.4) is 0 Å². The van der Waals surface area contributed by atoms with Gasteiger partial charge in [0, 0.05) is 0 Å². The molecule has 1 amide bonds. The Kier molecular flexibility index (Phi) is 1.73. The average Bonchev–Trinajstić information content (AvgIpc) is 2.04. The lowest BCUT2D eigenvalue weighted by Gasteiger charge is -2.09. The summed E-state index contributed by atoms with van der Waals surface area (Å²) in [6, 6.07) is 0. The molecule has 4 heteroatoms. The van der Waals surface area contributed by atoms with Crippen LogP contribution >= 0.6 is 0 Å². The van der Waals surface area contributed by atoms with Gasteiger partial charge in [0.05, 0.1) is 12.2 Å². The molecule has 0 saturated carbocycles. The zero-order valence-corrected chi connectivity index (χ0v) is 5.32. The number of amides is 1. The van der Waals surface area contributed by atoms with Crippen LogP contribution in [0.25, 0.3) is 0 Å². The van der Waals surface area contributed by atoms with Crippen LogP contribution in [-0.2, 0) is 4.79 Å². The number of nitrogens with two attached hydrogens (primary N) is 1. The van der Waals surface area contributed by atoms with Crippen molar-refractivity contribution >= 4 is 5.91 Å². The fourth-order valence-electron chi connectivity index (χ4n) is 0.636. The zero-order chi connectivity index (χ0) is 7.56. The van der Waals surface area contributed by atoms with E-state index in [-0.39, 0.29) is 12.2 Å². The minimum absolute atomic E-state index is 0.0521. The van der Waals surface area contributed by atoms with Crippen LogP contribution < -0.4 is 5.73 Å². The second-order valence-electron chi connectivity index (χ2n) is 1.94. The van der Waals surface area contributed by atoms with E-state index in [1.807, 2.05) is 0 Å². The van der Waals surface area contributed by atoms with Gasteiger partial charge < -0.3 is 5.73 Å². The molecule has 1 rings (SSSR count). The van der Waals surface area contributed by atoms with Crippen molar-refractivity contribution < 1.29 is 10.0 Å². The molecule has 0 saturated heterocycles. The highest BCUT2D eigenvalue weighted by molar-refractivity contribution is 5.92. The van der Waals surface area contributed by atoms with Crippen LogP contribution in [0.4, 0.5) is 0 Å². The van der Waals surface area contributed by atoms with Crippen molar-refractivity contribution in [1.82, 2.24) is 5.06 Å². The van der Waals surface area contributed by atoms with Gasteiger partial charge in [0.1, 0.15) is 0 Å². The number of hydrogen-bond donors (Lipinski definition) is 2. The normalized spacial score (nSPS) is 18.7. The highest BCUT2D eigenvalue weighted by Gasteiger charge is 2.12. The summed E-state index contributed by atoms with van der Waals surface area (Å²) in [5, 5.41) is 9.40. The summed E-state index contributed by atoms with van der Waals surface area (Å²) < 4.78 is 0. The summed E-state index contributed by atoms with van der Waals surface area (Å²) in [6.45, 7) is 0.191. The van der Waals surface area contributed by atoms with Gasteiger partial charge in [-0.3, -0.25) is 10.0 Å². The molecule has 0 aromatic heterocycles.